The van der Waals surface area contributed by atoms with E-state index < -0.39 is 0 Å². The van der Waals surface area contributed by atoms with Crippen LogP contribution in [0.4, 0.5) is 0 Å². The van der Waals surface area contributed by atoms with Gasteiger partial charge in [-0.1, -0.05) is 18.2 Å². The van der Waals surface area contributed by atoms with E-state index in [1.165, 1.54) is 0 Å². The Morgan fingerprint density at radius 3 is 2.50 bits per heavy atom. The molecule has 4 rings (SSSR count). The van der Waals surface area contributed by atoms with Gasteiger partial charge in [-0.3, -0.25) is 9.97 Å². The van der Waals surface area contributed by atoms with Gasteiger partial charge < -0.3 is 0 Å². The average Bonchev–Trinajstić information content (AvgIpc) is 2.45. The maximum atomic E-state index is 4.68. The van der Waals surface area contributed by atoms with Crippen molar-refractivity contribution in [3.05, 3.63) is 54.9 Å². The summed E-state index contributed by atoms with van der Waals surface area (Å²) in [5, 5.41) is 2.19. The van der Waals surface area contributed by atoms with Crippen LogP contribution < -0.4 is 0 Å². The third kappa shape index (κ3) is 1.27. The van der Waals surface area contributed by atoms with Gasteiger partial charge in [0.2, 0.25) is 0 Å². The van der Waals surface area contributed by atoms with Crippen molar-refractivity contribution in [2.75, 3.05) is 0 Å². The van der Waals surface area contributed by atoms with Crippen LogP contribution in [-0.2, 0) is 0 Å². The first-order valence-electron chi connectivity index (χ1n) is 5.81. The Morgan fingerprint density at radius 1 is 0.667 bits per heavy atom. The highest BCUT2D eigenvalue weighted by atomic mass is 14.8. The molecule has 0 unspecified atom stereocenters. The van der Waals surface area contributed by atoms with E-state index in [0.29, 0.717) is 0 Å². The normalized spacial score (nSPS) is 11.3. The zero-order valence-corrected chi connectivity index (χ0v) is 9.54. The summed E-state index contributed by atoms with van der Waals surface area (Å²) in [7, 11) is 0. The fourth-order valence-corrected chi connectivity index (χ4v) is 2.26. The number of benzene rings is 1. The van der Waals surface area contributed by atoms with E-state index in [1.807, 2.05) is 18.2 Å². The Hall–Kier alpha value is -2.55. The van der Waals surface area contributed by atoms with Gasteiger partial charge in [-0.25, -0.2) is 4.98 Å². The van der Waals surface area contributed by atoms with Crippen molar-refractivity contribution < 1.29 is 0 Å². The van der Waals surface area contributed by atoms with Crippen LogP contribution in [0.1, 0.15) is 0 Å². The molecule has 4 aromatic rings. The lowest BCUT2D eigenvalue weighted by molar-refractivity contribution is 1.36. The van der Waals surface area contributed by atoms with Crippen molar-refractivity contribution in [3.63, 3.8) is 0 Å². The number of rotatable bonds is 0. The largest absolute Gasteiger partial charge is 0.255 e. The molecule has 0 radical (unpaired) electrons. The Bertz CT molecular complexity index is 878. The Kier molecular flexibility index (Phi) is 1.83. The summed E-state index contributed by atoms with van der Waals surface area (Å²) in [6.07, 6.45) is 3.59. The van der Waals surface area contributed by atoms with Gasteiger partial charge in [0.15, 0.2) is 0 Å². The molecule has 0 amide bonds. The van der Waals surface area contributed by atoms with Gasteiger partial charge in [0, 0.05) is 23.2 Å². The molecular formula is C15H9N3. The Labute approximate surface area is 103 Å². The maximum Gasteiger partial charge on any atom is 0.0973 e. The molecule has 0 aliphatic heterocycles. The minimum atomic E-state index is 0.906. The Balaban J connectivity index is 2.27. The van der Waals surface area contributed by atoms with Crippen LogP contribution in [0.25, 0.3) is 32.8 Å². The van der Waals surface area contributed by atoms with E-state index in [2.05, 4.69) is 39.2 Å². The van der Waals surface area contributed by atoms with Crippen molar-refractivity contribution in [1.29, 1.82) is 0 Å². The summed E-state index contributed by atoms with van der Waals surface area (Å²) in [6, 6.07) is 14.1. The molecule has 0 aliphatic carbocycles. The quantitative estimate of drug-likeness (QED) is 0.344. The average molecular weight is 231 g/mol. The van der Waals surface area contributed by atoms with Gasteiger partial charge >= 0.3 is 0 Å². The topological polar surface area (TPSA) is 38.7 Å². The zero-order chi connectivity index (χ0) is 11.9. The first kappa shape index (κ1) is 9.48. The van der Waals surface area contributed by atoms with Crippen LogP contribution >= 0.6 is 0 Å². The number of hydrogen-bond acceptors (Lipinski definition) is 3. The molecule has 3 nitrogen and oxygen atoms in total. The van der Waals surface area contributed by atoms with Crippen molar-refractivity contribution in [3.8, 4) is 0 Å². The van der Waals surface area contributed by atoms with Gasteiger partial charge in [0.05, 0.1) is 22.1 Å². The van der Waals surface area contributed by atoms with Gasteiger partial charge in [-0.15, -0.1) is 0 Å². The van der Waals surface area contributed by atoms with Crippen LogP contribution in [0.15, 0.2) is 54.9 Å². The third-order valence-electron chi connectivity index (χ3n) is 3.12. The monoisotopic (exact) mass is 231 g/mol. The van der Waals surface area contributed by atoms with E-state index in [4.69, 9.17) is 0 Å². The van der Waals surface area contributed by atoms with E-state index >= 15 is 0 Å². The smallest absolute Gasteiger partial charge is 0.0973 e. The third-order valence-corrected chi connectivity index (χ3v) is 3.12. The molecule has 0 N–H and O–H groups in total. The SMILES string of the molecule is c1cnc2c(c1)ccc1cc3ncccc3nc12. The number of nitrogens with zero attached hydrogens (tertiary/aromatic N) is 3. The molecule has 3 heteroatoms. The van der Waals surface area contributed by atoms with Crippen molar-refractivity contribution >= 4 is 32.8 Å². The zero-order valence-electron chi connectivity index (χ0n) is 9.54. The minimum absolute atomic E-state index is 0.906. The standard InChI is InChI=1S/C15H9N3/c1-3-10-5-6-11-9-13-12(4-2-7-16-13)18-15(11)14(10)17-8-1/h1-9H. The molecule has 0 aliphatic rings. The lowest BCUT2D eigenvalue weighted by Crippen LogP contribution is -1.87. The summed E-state index contributed by atoms with van der Waals surface area (Å²) in [5.74, 6) is 0. The summed E-state index contributed by atoms with van der Waals surface area (Å²) in [5.41, 5.74) is 3.71. The van der Waals surface area contributed by atoms with Gasteiger partial charge in [-0.2, -0.15) is 0 Å². The highest BCUT2D eigenvalue weighted by Crippen LogP contribution is 2.24. The number of pyridine rings is 3. The maximum absolute atomic E-state index is 4.68. The van der Waals surface area contributed by atoms with Crippen molar-refractivity contribution in [2.45, 2.75) is 0 Å². The second-order valence-corrected chi connectivity index (χ2v) is 4.24. The molecule has 0 atom stereocenters. The molecule has 0 spiro atoms. The van der Waals surface area contributed by atoms with Crippen LogP contribution in [0.3, 0.4) is 0 Å². The van der Waals surface area contributed by atoms with Crippen LogP contribution in [0.5, 0.6) is 0 Å². The molecule has 0 saturated carbocycles. The summed E-state index contributed by atoms with van der Waals surface area (Å²) < 4.78 is 0. The summed E-state index contributed by atoms with van der Waals surface area (Å²) in [6.45, 7) is 0. The fourth-order valence-electron chi connectivity index (χ4n) is 2.26. The number of fused-ring (bicyclic) bond motifs is 4. The van der Waals surface area contributed by atoms with Crippen molar-refractivity contribution in [2.24, 2.45) is 0 Å². The molecule has 0 fully saturated rings. The van der Waals surface area contributed by atoms with E-state index in [1.54, 1.807) is 12.4 Å². The first-order chi connectivity index (χ1) is 8.92. The second kappa shape index (κ2) is 3.47. The molecular weight excluding hydrogens is 222 g/mol. The lowest BCUT2D eigenvalue weighted by atomic mass is 10.1. The van der Waals surface area contributed by atoms with Gasteiger partial charge in [0.25, 0.3) is 0 Å². The Morgan fingerprint density at radius 2 is 1.50 bits per heavy atom. The highest BCUT2D eigenvalue weighted by Gasteiger charge is 2.04. The molecule has 3 aromatic heterocycles. The molecule has 3 heterocycles. The molecule has 84 valence electrons. The minimum Gasteiger partial charge on any atom is -0.255 e. The van der Waals surface area contributed by atoms with Crippen LogP contribution in [0, 0.1) is 0 Å². The van der Waals surface area contributed by atoms with Gasteiger partial charge in [-0.05, 0) is 24.3 Å². The van der Waals surface area contributed by atoms with E-state index in [9.17, 15) is 0 Å². The van der Waals surface area contributed by atoms with Gasteiger partial charge in [0.1, 0.15) is 0 Å². The molecule has 18 heavy (non-hydrogen) atoms. The van der Waals surface area contributed by atoms with Crippen molar-refractivity contribution in [1.82, 2.24) is 15.0 Å². The number of hydrogen-bond donors (Lipinski definition) is 0. The summed E-state index contributed by atoms with van der Waals surface area (Å²) >= 11 is 0. The molecule has 1 aromatic carbocycles. The number of aromatic nitrogens is 3. The fraction of sp³-hybridized carbons (Fsp3) is 0. The lowest BCUT2D eigenvalue weighted by Gasteiger charge is -2.03. The molecule has 0 saturated heterocycles. The highest BCUT2D eigenvalue weighted by molar-refractivity contribution is 6.05. The van der Waals surface area contributed by atoms with Crippen LogP contribution in [-0.4, -0.2) is 15.0 Å². The first-order valence-corrected chi connectivity index (χ1v) is 5.81. The van der Waals surface area contributed by atoms with E-state index in [0.717, 1.165) is 32.8 Å². The second-order valence-electron chi connectivity index (χ2n) is 4.24. The molecule has 0 bridgehead atoms. The predicted molar refractivity (Wildman–Crippen MR) is 72.3 cm³/mol. The summed E-state index contributed by atoms with van der Waals surface area (Å²) in [4.78, 5) is 13.4. The predicted octanol–water partition coefficient (Wildman–Crippen LogP) is 3.33. The van der Waals surface area contributed by atoms with Crippen LogP contribution in [0.2, 0.25) is 0 Å². The van der Waals surface area contributed by atoms with E-state index in [-0.39, 0.29) is 0 Å².